The molecule has 0 aliphatic rings. The Balaban J connectivity index is 1.91. The summed E-state index contributed by atoms with van der Waals surface area (Å²) in [5.74, 6) is 2.33. The average Bonchev–Trinajstić information content (AvgIpc) is 3.17. The molecule has 0 saturated heterocycles. The summed E-state index contributed by atoms with van der Waals surface area (Å²) in [6, 6.07) is 0. The number of nitrogens with one attached hydrogen (secondary N) is 1. The van der Waals surface area contributed by atoms with Crippen molar-refractivity contribution < 1.29 is 4.57 Å². The van der Waals surface area contributed by atoms with Crippen LogP contribution < -0.4 is 4.57 Å². The fraction of sp³-hybridized carbons (Fsp3) is 0.893. The molecule has 176 valence electrons. The Morgan fingerprint density at radius 3 is 1.73 bits per heavy atom. The second-order valence-corrected chi connectivity index (χ2v) is 10.0. The van der Waals surface area contributed by atoms with Gasteiger partial charge in [-0.15, -0.1) is 0 Å². The van der Waals surface area contributed by atoms with Gasteiger partial charge in [0, 0.05) is 6.42 Å². The third-order valence-corrected chi connectivity index (χ3v) is 6.55. The van der Waals surface area contributed by atoms with E-state index >= 15 is 0 Å². The zero-order chi connectivity index (χ0) is 21.7. The summed E-state index contributed by atoms with van der Waals surface area (Å²) in [4.78, 5) is 3.49. The summed E-state index contributed by atoms with van der Waals surface area (Å²) in [5, 5.41) is 0. The Kier molecular flexibility index (Phi) is 18.3. The number of H-pyrrole nitrogens is 1. The van der Waals surface area contributed by atoms with Crippen LogP contribution in [0.3, 0.4) is 0 Å². The highest BCUT2D eigenvalue weighted by atomic mass is 15.1. The van der Waals surface area contributed by atoms with Crippen molar-refractivity contribution in [3.8, 4) is 0 Å². The number of aromatic amines is 1. The van der Waals surface area contributed by atoms with Gasteiger partial charge in [0.15, 0.2) is 0 Å². The molecule has 0 aliphatic heterocycles. The number of unbranched alkanes of at least 4 members (excludes halogenated alkanes) is 16. The standard InChI is InChI=1S/C28H54N2/c1-4-5-6-7-8-15-18-21-25-30-26-24-29-28(30)23-20-17-14-12-10-9-11-13-16-19-22-27(2)3/h24,26-27H,4-23,25H2,1-3H3/p+1. The van der Waals surface area contributed by atoms with Gasteiger partial charge in [-0.2, -0.15) is 0 Å². The second kappa shape index (κ2) is 20.1. The molecule has 1 aromatic heterocycles. The lowest BCUT2D eigenvalue weighted by atomic mass is 10.0. The van der Waals surface area contributed by atoms with Gasteiger partial charge in [-0.05, 0) is 25.2 Å². The van der Waals surface area contributed by atoms with Crippen molar-refractivity contribution in [2.45, 2.75) is 156 Å². The van der Waals surface area contributed by atoms with Gasteiger partial charge in [-0.25, -0.2) is 9.55 Å². The number of aromatic nitrogens is 2. The summed E-state index contributed by atoms with van der Waals surface area (Å²) in [5.41, 5.74) is 0. The first-order chi connectivity index (χ1) is 14.7. The molecule has 0 radical (unpaired) electrons. The molecule has 2 heteroatoms. The van der Waals surface area contributed by atoms with E-state index < -0.39 is 0 Å². The Bertz CT molecular complexity index is 463. The Labute approximate surface area is 189 Å². The maximum Gasteiger partial charge on any atom is 0.254 e. The van der Waals surface area contributed by atoms with Crippen LogP contribution in [0.5, 0.6) is 0 Å². The van der Waals surface area contributed by atoms with Gasteiger partial charge in [-0.3, -0.25) is 0 Å². The molecule has 0 fully saturated rings. The van der Waals surface area contributed by atoms with Crippen molar-refractivity contribution in [2.24, 2.45) is 5.92 Å². The van der Waals surface area contributed by atoms with Crippen LogP contribution in [-0.2, 0) is 13.0 Å². The maximum absolute atomic E-state index is 3.49. The first-order valence-electron chi connectivity index (χ1n) is 13.8. The molecule has 30 heavy (non-hydrogen) atoms. The highest BCUT2D eigenvalue weighted by molar-refractivity contribution is 4.77. The van der Waals surface area contributed by atoms with Crippen LogP contribution in [0.15, 0.2) is 12.4 Å². The third-order valence-electron chi connectivity index (χ3n) is 6.55. The fourth-order valence-electron chi connectivity index (χ4n) is 4.50. The number of aryl methyl sites for hydroxylation is 2. The van der Waals surface area contributed by atoms with Gasteiger partial charge in [0.25, 0.3) is 5.82 Å². The van der Waals surface area contributed by atoms with Gasteiger partial charge in [0.2, 0.25) is 0 Å². The topological polar surface area (TPSA) is 19.7 Å². The summed E-state index contributed by atoms with van der Waals surface area (Å²) < 4.78 is 2.47. The predicted octanol–water partition coefficient (Wildman–Crippen LogP) is 8.93. The largest absolute Gasteiger partial charge is 0.254 e. The van der Waals surface area contributed by atoms with Crippen LogP contribution in [0, 0.1) is 5.92 Å². The van der Waals surface area contributed by atoms with Crippen LogP contribution in [-0.4, -0.2) is 4.98 Å². The lowest BCUT2D eigenvalue weighted by molar-refractivity contribution is -0.703. The van der Waals surface area contributed by atoms with Gasteiger partial charge in [-0.1, -0.05) is 124 Å². The summed E-state index contributed by atoms with van der Waals surface area (Å²) in [6.07, 6.45) is 32.5. The van der Waals surface area contributed by atoms with Crippen LogP contribution >= 0.6 is 0 Å². The average molecular weight is 420 g/mol. The second-order valence-electron chi connectivity index (χ2n) is 10.0. The molecule has 1 aromatic rings. The predicted molar refractivity (Wildman–Crippen MR) is 133 cm³/mol. The van der Waals surface area contributed by atoms with Gasteiger partial charge >= 0.3 is 0 Å². The van der Waals surface area contributed by atoms with Gasteiger partial charge in [0.05, 0.1) is 6.54 Å². The van der Waals surface area contributed by atoms with Gasteiger partial charge in [0.1, 0.15) is 12.4 Å². The monoisotopic (exact) mass is 419 g/mol. The van der Waals surface area contributed by atoms with Crippen molar-refractivity contribution in [2.75, 3.05) is 0 Å². The molecule has 1 rings (SSSR count). The highest BCUT2D eigenvalue weighted by Crippen LogP contribution is 2.14. The summed E-state index contributed by atoms with van der Waals surface area (Å²) in [6.45, 7) is 8.17. The first-order valence-corrected chi connectivity index (χ1v) is 13.8. The highest BCUT2D eigenvalue weighted by Gasteiger charge is 2.09. The summed E-state index contributed by atoms with van der Waals surface area (Å²) >= 11 is 0. The smallest absolute Gasteiger partial charge is 0.248 e. The first kappa shape index (κ1) is 27.2. The van der Waals surface area contributed by atoms with Crippen molar-refractivity contribution in [3.63, 3.8) is 0 Å². The van der Waals surface area contributed by atoms with Gasteiger partial charge < -0.3 is 0 Å². The quantitative estimate of drug-likeness (QED) is 0.143. The minimum atomic E-state index is 0.885. The van der Waals surface area contributed by atoms with E-state index in [9.17, 15) is 0 Å². The van der Waals surface area contributed by atoms with Crippen LogP contribution in [0.1, 0.15) is 149 Å². The number of nitrogens with zero attached hydrogens (tertiary/aromatic N) is 1. The van der Waals surface area contributed by atoms with E-state index in [1.54, 1.807) is 0 Å². The van der Waals surface area contributed by atoms with Crippen molar-refractivity contribution in [1.29, 1.82) is 0 Å². The van der Waals surface area contributed by atoms with E-state index in [-0.39, 0.29) is 0 Å². The van der Waals surface area contributed by atoms with E-state index in [1.807, 2.05) is 0 Å². The molecule has 1 heterocycles. The molecule has 0 unspecified atom stereocenters. The zero-order valence-electron chi connectivity index (χ0n) is 21.0. The summed E-state index contributed by atoms with van der Waals surface area (Å²) in [7, 11) is 0. The molecule has 0 aromatic carbocycles. The van der Waals surface area contributed by atoms with E-state index in [4.69, 9.17) is 0 Å². The SMILES string of the molecule is CCCCCCCCCC[n+]1cc[nH]c1CCCCCCCCCCCCC(C)C. The normalized spacial score (nSPS) is 11.6. The molecular weight excluding hydrogens is 364 g/mol. The van der Waals surface area contributed by atoms with Crippen molar-refractivity contribution in [3.05, 3.63) is 18.2 Å². The number of imidazole rings is 1. The molecule has 1 N–H and O–H groups in total. The minimum absolute atomic E-state index is 0.885. The van der Waals surface area contributed by atoms with E-state index in [0.29, 0.717) is 0 Å². The van der Waals surface area contributed by atoms with E-state index in [1.165, 1.54) is 141 Å². The van der Waals surface area contributed by atoms with Crippen LogP contribution in [0.2, 0.25) is 0 Å². The molecule has 0 amide bonds. The number of hydrogen-bond donors (Lipinski definition) is 1. The van der Waals surface area contributed by atoms with E-state index in [2.05, 4.69) is 42.7 Å². The Hall–Kier alpha value is -0.790. The lowest BCUT2D eigenvalue weighted by Gasteiger charge is -2.05. The molecule has 0 atom stereocenters. The molecule has 0 aliphatic carbocycles. The van der Waals surface area contributed by atoms with E-state index in [0.717, 1.165) is 5.92 Å². The zero-order valence-corrected chi connectivity index (χ0v) is 21.0. The number of rotatable bonds is 22. The molecule has 0 saturated carbocycles. The lowest BCUT2D eigenvalue weighted by Crippen LogP contribution is -2.36. The third kappa shape index (κ3) is 16.0. The molecule has 2 nitrogen and oxygen atoms in total. The fourth-order valence-corrected chi connectivity index (χ4v) is 4.50. The van der Waals surface area contributed by atoms with Crippen LogP contribution in [0.25, 0.3) is 0 Å². The maximum atomic E-state index is 3.49. The number of hydrogen-bond acceptors (Lipinski definition) is 0. The minimum Gasteiger partial charge on any atom is -0.248 e. The van der Waals surface area contributed by atoms with Crippen LogP contribution in [0.4, 0.5) is 0 Å². The Morgan fingerprint density at radius 2 is 1.17 bits per heavy atom. The molecule has 0 bridgehead atoms. The van der Waals surface area contributed by atoms with Crippen molar-refractivity contribution in [1.82, 2.24) is 4.98 Å². The van der Waals surface area contributed by atoms with Crippen molar-refractivity contribution >= 4 is 0 Å². The molecular formula is C28H55N2+. The molecule has 0 spiro atoms. The Morgan fingerprint density at radius 1 is 0.667 bits per heavy atom.